The lowest BCUT2D eigenvalue weighted by Gasteiger charge is -2.11. The van der Waals surface area contributed by atoms with Crippen molar-refractivity contribution in [3.05, 3.63) is 51.3 Å². The van der Waals surface area contributed by atoms with E-state index < -0.39 is 17.6 Å². The Morgan fingerprint density at radius 1 is 1.20 bits per heavy atom. The number of rotatable bonds is 2. The zero-order valence-electron chi connectivity index (χ0n) is 9.51. The number of nitrogens with zero attached hydrogens (tertiary/aromatic N) is 1. The summed E-state index contributed by atoms with van der Waals surface area (Å²) in [6, 6.07) is 3.80. The summed E-state index contributed by atoms with van der Waals surface area (Å²) in [6.45, 7) is 0. The van der Waals surface area contributed by atoms with Crippen LogP contribution in [0.25, 0.3) is 0 Å². The summed E-state index contributed by atoms with van der Waals surface area (Å²) < 4.78 is 56.3. The largest absolute Gasteiger partial charge is 0.438 e. The maximum absolute atomic E-state index is 13.1. The zero-order chi connectivity index (χ0) is 14.9. The van der Waals surface area contributed by atoms with E-state index in [1.54, 1.807) is 0 Å². The van der Waals surface area contributed by atoms with Crippen LogP contribution in [0.2, 0.25) is 5.02 Å². The zero-order valence-corrected chi connectivity index (χ0v) is 11.9. The van der Waals surface area contributed by atoms with Gasteiger partial charge < -0.3 is 4.74 Å². The molecule has 1 aromatic carbocycles. The van der Waals surface area contributed by atoms with Crippen LogP contribution in [0.5, 0.6) is 11.6 Å². The Hall–Kier alpha value is -1.34. The Morgan fingerprint density at radius 3 is 2.50 bits per heavy atom. The highest BCUT2D eigenvalue weighted by atomic mass is 79.9. The third-order valence-electron chi connectivity index (χ3n) is 2.23. The summed E-state index contributed by atoms with van der Waals surface area (Å²) in [5.41, 5.74) is -1.40. The first kappa shape index (κ1) is 15.1. The molecule has 0 unspecified atom stereocenters. The predicted octanol–water partition coefficient (Wildman–Crippen LogP) is 5.45. The molecular weight excluding hydrogens is 365 g/mol. The van der Waals surface area contributed by atoms with E-state index in [1.165, 1.54) is 12.3 Å². The third-order valence-corrected chi connectivity index (χ3v) is 3.01. The molecule has 2 nitrogen and oxygen atoms in total. The van der Waals surface area contributed by atoms with E-state index in [0.717, 1.165) is 6.07 Å². The Labute approximate surface area is 124 Å². The van der Waals surface area contributed by atoms with Gasteiger partial charge >= 0.3 is 6.18 Å². The van der Waals surface area contributed by atoms with Gasteiger partial charge in [0.1, 0.15) is 11.6 Å². The lowest BCUT2D eigenvalue weighted by atomic mass is 10.2. The highest BCUT2D eigenvalue weighted by Crippen LogP contribution is 2.35. The van der Waals surface area contributed by atoms with Gasteiger partial charge in [-0.25, -0.2) is 9.37 Å². The minimum absolute atomic E-state index is 0.0223. The van der Waals surface area contributed by atoms with Crippen LogP contribution in [-0.4, -0.2) is 4.98 Å². The molecule has 1 aromatic heterocycles. The highest BCUT2D eigenvalue weighted by molar-refractivity contribution is 9.10. The van der Waals surface area contributed by atoms with Crippen LogP contribution in [-0.2, 0) is 6.18 Å². The number of halogens is 6. The Morgan fingerprint density at radius 2 is 1.90 bits per heavy atom. The Bertz CT molecular complexity index is 648. The lowest BCUT2D eigenvalue weighted by Crippen LogP contribution is -2.08. The van der Waals surface area contributed by atoms with Crippen molar-refractivity contribution in [3.8, 4) is 11.6 Å². The van der Waals surface area contributed by atoms with E-state index in [4.69, 9.17) is 16.3 Å². The second kappa shape index (κ2) is 5.57. The normalized spacial score (nSPS) is 11.5. The summed E-state index contributed by atoms with van der Waals surface area (Å²) in [7, 11) is 0. The molecule has 0 aliphatic heterocycles. The average Bonchev–Trinajstić information content (AvgIpc) is 2.33. The molecule has 0 aliphatic carbocycles. The minimum atomic E-state index is -4.80. The van der Waals surface area contributed by atoms with Crippen molar-refractivity contribution < 1.29 is 22.3 Å². The monoisotopic (exact) mass is 369 g/mol. The first-order valence-corrected chi connectivity index (χ1v) is 6.30. The van der Waals surface area contributed by atoms with Gasteiger partial charge in [-0.1, -0.05) is 11.6 Å². The molecule has 0 radical (unpaired) electrons. The van der Waals surface area contributed by atoms with E-state index in [9.17, 15) is 17.6 Å². The number of benzene rings is 1. The quantitative estimate of drug-likeness (QED) is 0.656. The van der Waals surface area contributed by atoms with Gasteiger partial charge in [-0.05, 0) is 40.2 Å². The summed E-state index contributed by atoms with van der Waals surface area (Å²) in [4.78, 5) is 3.81. The van der Waals surface area contributed by atoms with Crippen molar-refractivity contribution in [2.24, 2.45) is 0 Å². The molecule has 2 rings (SSSR count). The van der Waals surface area contributed by atoms with Crippen LogP contribution in [0.1, 0.15) is 5.56 Å². The van der Waals surface area contributed by atoms with E-state index in [-0.39, 0.29) is 11.6 Å². The number of hydrogen-bond acceptors (Lipinski definition) is 2. The van der Waals surface area contributed by atoms with Crippen molar-refractivity contribution in [1.82, 2.24) is 4.98 Å². The Balaban J connectivity index is 2.35. The van der Waals surface area contributed by atoms with Crippen molar-refractivity contribution in [1.29, 1.82) is 0 Å². The predicted molar refractivity (Wildman–Crippen MR) is 68.4 cm³/mol. The van der Waals surface area contributed by atoms with Crippen LogP contribution in [0, 0.1) is 5.82 Å². The lowest BCUT2D eigenvalue weighted by molar-refractivity contribution is -0.140. The molecule has 0 saturated heterocycles. The van der Waals surface area contributed by atoms with Gasteiger partial charge in [0.05, 0.1) is 15.1 Å². The van der Waals surface area contributed by atoms with Gasteiger partial charge in [-0.15, -0.1) is 0 Å². The van der Waals surface area contributed by atoms with Gasteiger partial charge in [0, 0.05) is 6.20 Å². The van der Waals surface area contributed by atoms with Gasteiger partial charge in [0.2, 0.25) is 5.88 Å². The molecule has 1 heterocycles. The molecule has 0 N–H and O–H groups in total. The molecule has 20 heavy (non-hydrogen) atoms. The van der Waals surface area contributed by atoms with Crippen LogP contribution in [0.15, 0.2) is 34.9 Å². The number of ether oxygens (including phenoxy) is 1. The SMILES string of the molecule is Fc1ccc(Oc2ncc(Cl)cc2Br)cc1C(F)(F)F. The van der Waals surface area contributed by atoms with E-state index >= 15 is 0 Å². The second-order valence-electron chi connectivity index (χ2n) is 3.68. The Kier molecular flexibility index (Phi) is 4.19. The number of hydrogen-bond donors (Lipinski definition) is 0. The topological polar surface area (TPSA) is 22.1 Å². The van der Waals surface area contributed by atoms with Gasteiger partial charge in [0.15, 0.2) is 0 Å². The molecule has 0 fully saturated rings. The number of aromatic nitrogens is 1. The molecule has 106 valence electrons. The van der Waals surface area contributed by atoms with Crippen molar-refractivity contribution in [3.63, 3.8) is 0 Å². The van der Waals surface area contributed by atoms with E-state index in [2.05, 4.69) is 20.9 Å². The highest BCUT2D eigenvalue weighted by Gasteiger charge is 2.34. The van der Waals surface area contributed by atoms with Crippen LogP contribution < -0.4 is 4.74 Å². The standard InChI is InChI=1S/C12H5BrClF4NO/c13-9-3-6(14)5-19-11(9)20-7-1-2-10(15)8(4-7)12(16,17)18/h1-5H. The summed E-state index contributed by atoms with van der Waals surface area (Å²) in [6.07, 6.45) is -3.52. The summed E-state index contributed by atoms with van der Waals surface area (Å²) in [5, 5.41) is 0.333. The van der Waals surface area contributed by atoms with E-state index in [0.29, 0.717) is 21.6 Å². The van der Waals surface area contributed by atoms with Gasteiger partial charge in [-0.3, -0.25) is 0 Å². The van der Waals surface area contributed by atoms with Crippen molar-refractivity contribution in [2.45, 2.75) is 6.18 Å². The molecular formula is C12H5BrClF4NO. The molecule has 8 heteroatoms. The van der Waals surface area contributed by atoms with Gasteiger partial charge in [0.25, 0.3) is 0 Å². The maximum Gasteiger partial charge on any atom is 0.419 e. The fraction of sp³-hybridized carbons (Fsp3) is 0.0833. The van der Waals surface area contributed by atoms with Crippen molar-refractivity contribution in [2.75, 3.05) is 0 Å². The van der Waals surface area contributed by atoms with Crippen LogP contribution >= 0.6 is 27.5 Å². The fourth-order valence-electron chi connectivity index (χ4n) is 1.37. The minimum Gasteiger partial charge on any atom is -0.438 e. The van der Waals surface area contributed by atoms with Gasteiger partial charge in [-0.2, -0.15) is 13.2 Å². The molecule has 0 aliphatic rings. The summed E-state index contributed by atoms with van der Waals surface area (Å²) in [5.74, 6) is -1.53. The molecule has 0 amide bonds. The first-order chi connectivity index (χ1) is 9.27. The van der Waals surface area contributed by atoms with E-state index in [1.807, 2.05) is 0 Å². The maximum atomic E-state index is 13.1. The molecule has 0 spiro atoms. The third kappa shape index (κ3) is 3.40. The smallest absolute Gasteiger partial charge is 0.419 e. The van der Waals surface area contributed by atoms with Crippen LogP contribution in [0.4, 0.5) is 17.6 Å². The average molecular weight is 371 g/mol. The molecule has 0 atom stereocenters. The number of pyridine rings is 1. The van der Waals surface area contributed by atoms with Crippen molar-refractivity contribution >= 4 is 27.5 Å². The fourth-order valence-corrected chi connectivity index (χ4v) is 2.09. The van der Waals surface area contributed by atoms with Crippen LogP contribution in [0.3, 0.4) is 0 Å². The number of alkyl halides is 3. The molecule has 0 bridgehead atoms. The first-order valence-electron chi connectivity index (χ1n) is 5.13. The molecule has 0 saturated carbocycles. The second-order valence-corrected chi connectivity index (χ2v) is 4.97. The summed E-state index contributed by atoms with van der Waals surface area (Å²) >= 11 is 8.79. The molecule has 2 aromatic rings.